The number of hydrogen-bond acceptors (Lipinski definition) is 4. The molecule has 4 heteroatoms. The summed E-state index contributed by atoms with van der Waals surface area (Å²) in [5.74, 6) is 0.900. The summed E-state index contributed by atoms with van der Waals surface area (Å²) in [4.78, 5) is 12.4. The fourth-order valence-corrected chi connectivity index (χ4v) is 1.81. The fourth-order valence-electron chi connectivity index (χ4n) is 1.14. The Morgan fingerprint density at radius 1 is 1.43 bits per heavy atom. The van der Waals surface area contributed by atoms with Crippen molar-refractivity contribution in [2.24, 2.45) is 5.73 Å². The Hall–Kier alpha value is -1.39. The van der Waals surface area contributed by atoms with Crippen LogP contribution in [0.2, 0.25) is 0 Å². The predicted molar refractivity (Wildman–Crippen MR) is 54.4 cm³/mol. The van der Waals surface area contributed by atoms with Gasteiger partial charge in [-0.1, -0.05) is 6.07 Å². The maximum Gasteiger partial charge on any atom is 0.238 e. The molecule has 2 rings (SSSR count). The Bertz CT molecular complexity index is 431. The van der Waals surface area contributed by atoms with Crippen molar-refractivity contribution < 1.29 is 9.21 Å². The van der Waals surface area contributed by atoms with Gasteiger partial charge in [-0.2, -0.15) is 0 Å². The molecule has 0 radical (unpaired) electrons. The van der Waals surface area contributed by atoms with E-state index in [0.717, 1.165) is 0 Å². The highest BCUT2D eigenvalue weighted by Crippen LogP contribution is 2.16. The van der Waals surface area contributed by atoms with Crippen LogP contribution in [0, 0.1) is 0 Å². The molecule has 2 heterocycles. The van der Waals surface area contributed by atoms with Gasteiger partial charge in [-0.15, -0.1) is 11.3 Å². The SMILES string of the molecule is NCc1ccc(C(=O)c2cccs2)o1. The molecule has 0 saturated carbocycles. The quantitative estimate of drug-likeness (QED) is 0.783. The van der Waals surface area contributed by atoms with Crippen LogP contribution < -0.4 is 5.73 Å². The van der Waals surface area contributed by atoms with Gasteiger partial charge in [0.05, 0.1) is 11.4 Å². The first-order valence-electron chi connectivity index (χ1n) is 4.18. The minimum absolute atomic E-state index is 0.0836. The summed E-state index contributed by atoms with van der Waals surface area (Å²) in [7, 11) is 0. The largest absolute Gasteiger partial charge is 0.456 e. The first kappa shape index (κ1) is 9.18. The van der Waals surface area contributed by atoms with Crippen molar-refractivity contribution in [2.45, 2.75) is 6.54 Å². The van der Waals surface area contributed by atoms with Gasteiger partial charge in [0.15, 0.2) is 5.76 Å². The highest BCUT2D eigenvalue weighted by molar-refractivity contribution is 7.12. The smallest absolute Gasteiger partial charge is 0.238 e. The third-order valence-corrected chi connectivity index (χ3v) is 2.70. The van der Waals surface area contributed by atoms with Gasteiger partial charge in [-0.3, -0.25) is 4.79 Å². The summed E-state index contributed by atoms with van der Waals surface area (Å²) < 4.78 is 5.25. The van der Waals surface area contributed by atoms with Crippen LogP contribution in [0.4, 0.5) is 0 Å². The summed E-state index contributed by atoms with van der Waals surface area (Å²) in [5.41, 5.74) is 5.38. The molecule has 0 bridgehead atoms. The highest BCUT2D eigenvalue weighted by Gasteiger charge is 2.13. The van der Waals surface area contributed by atoms with E-state index in [4.69, 9.17) is 10.2 Å². The van der Waals surface area contributed by atoms with Crippen LogP contribution in [0.5, 0.6) is 0 Å². The maximum atomic E-state index is 11.7. The molecule has 2 N–H and O–H groups in total. The van der Waals surface area contributed by atoms with Crippen LogP contribution in [0.3, 0.4) is 0 Å². The van der Waals surface area contributed by atoms with Crippen LogP contribution in [0.25, 0.3) is 0 Å². The van der Waals surface area contributed by atoms with E-state index in [1.165, 1.54) is 11.3 Å². The molecule has 0 saturated heterocycles. The van der Waals surface area contributed by atoms with E-state index >= 15 is 0 Å². The fraction of sp³-hybridized carbons (Fsp3) is 0.100. The minimum atomic E-state index is -0.0836. The molecule has 3 nitrogen and oxygen atoms in total. The van der Waals surface area contributed by atoms with E-state index in [2.05, 4.69) is 0 Å². The number of ketones is 1. The number of carbonyl (C=O) groups is 1. The van der Waals surface area contributed by atoms with E-state index < -0.39 is 0 Å². The third kappa shape index (κ3) is 1.62. The van der Waals surface area contributed by atoms with Crippen molar-refractivity contribution in [3.8, 4) is 0 Å². The second-order valence-electron chi connectivity index (χ2n) is 2.78. The maximum absolute atomic E-state index is 11.7. The van der Waals surface area contributed by atoms with Crippen LogP contribution in [-0.4, -0.2) is 5.78 Å². The zero-order chi connectivity index (χ0) is 9.97. The second kappa shape index (κ2) is 3.77. The van der Waals surface area contributed by atoms with Gasteiger partial charge in [-0.25, -0.2) is 0 Å². The lowest BCUT2D eigenvalue weighted by atomic mass is 10.2. The van der Waals surface area contributed by atoms with Gasteiger partial charge >= 0.3 is 0 Å². The number of rotatable bonds is 3. The molecule has 0 aliphatic rings. The normalized spacial score (nSPS) is 10.4. The van der Waals surface area contributed by atoms with Gasteiger partial charge in [0, 0.05) is 0 Å². The van der Waals surface area contributed by atoms with Crippen molar-refractivity contribution >= 4 is 17.1 Å². The summed E-state index contributed by atoms with van der Waals surface area (Å²) in [6.07, 6.45) is 0. The van der Waals surface area contributed by atoms with E-state index in [1.54, 1.807) is 18.2 Å². The zero-order valence-electron chi connectivity index (χ0n) is 7.40. The Morgan fingerprint density at radius 2 is 2.29 bits per heavy atom. The molecule has 0 fully saturated rings. The molecular weight excluding hydrogens is 198 g/mol. The first-order valence-corrected chi connectivity index (χ1v) is 5.06. The lowest BCUT2D eigenvalue weighted by Crippen LogP contribution is -1.97. The lowest BCUT2D eigenvalue weighted by Gasteiger charge is -1.92. The molecule has 0 aliphatic heterocycles. The molecule has 0 amide bonds. The molecule has 0 spiro atoms. The Kier molecular flexibility index (Phi) is 2.47. The van der Waals surface area contributed by atoms with E-state index in [0.29, 0.717) is 22.9 Å². The van der Waals surface area contributed by atoms with Crippen LogP contribution in [0.1, 0.15) is 21.2 Å². The molecule has 0 aliphatic carbocycles. The van der Waals surface area contributed by atoms with Crippen LogP contribution in [-0.2, 0) is 6.54 Å². The monoisotopic (exact) mass is 207 g/mol. The molecule has 0 atom stereocenters. The molecule has 2 aromatic rings. The number of carbonyl (C=O) groups excluding carboxylic acids is 1. The Labute approximate surface area is 85.2 Å². The van der Waals surface area contributed by atoms with Crippen molar-refractivity contribution in [1.82, 2.24) is 0 Å². The summed E-state index contributed by atoms with van der Waals surface area (Å²) >= 11 is 1.40. The number of nitrogens with two attached hydrogens (primary N) is 1. The van der Waals surface area contributed by atoms with Gasteiger partial charge in [-0.05, 0) is 23.6 Å². The van der Waals surface area contributed by atoms with Gasteiger partial charge in [0.1, 0.15) is 5.76 Å². The number of hydrogen-bond donors (Lipinski definition) is 1. The molecule has 0 unspecified atom stereocenters. The van der Waals surface area contributed by atoms with Gasteiger partial charge < -0.3 is 10.2 Å². The zero-order valence-corrected chi connectivity index (χ0v) is 8.21. The molecule has 14 heavy (non-hydrogen) atoms. The van der Waals surface area contributed by atoms with Crippen LogP contribution in [0.15, 0.2) is 34.1 Å². The van der Waals surface area contributed by atoms with Crippen molar-refractivity contribution in [3.63, 3.8) is 0 Å². The van der Waals surface area contributed by atoms with Gasteiger partial charge in [0.2, 0.25) is 5.78 Å². The molecule has 0 aromatic carbocycles. The standard InChI is InChI=1S/C10H9NO2S/c11-6-7-3-4-8(13-7)10(12)9-2-1-5-14-9/h1-5H,6,11H2. The van der Waals surface area contributed by atoms with E-state index in [-0.39, 0.29) is 5.78 Å². The molecular formula is C10H9NO2S. The average Bonchev–Trinajstić information content (AvgIpc) is 2.88. The lowest BCUT2D eigenvalue weighted by molar-refractivity contribution is 0.101. The predicted octanol–water partition coefficient (Wildman–Crippen LogP) is 2.03. The highest BCUT2D eigenvalue weighted by atomic mass is 32.1. The third-order valence-electron chi connectivity index (χ3n) is 1.83. The topological polar surface area (TPSA) is 56.2 Å². The number of thiophene rings is 1. The van der Waals surface area contributed by atoms with Gasteiger partial charge in [0.25, 0.3) is 0 Å². The van der Waals surface area contributed by atoms with Crippen LogP contribution >= 0.6 is 11.3 Å². The minimum Gasteiger partial charge on any atom is -0.456 e. The van der Waals surface area contributed by atoms with Crippen molar-refractivity contribution in [1.29, 1.82) is 0 Å². The Balaban J connectivity index is 2.28. The second-order valence-corrected chi connectivity index (χ2v) is 3.72. The summed E-state index contributed by atoms with van der Waals surface area (Å²) in [6, 6.07) is 6.99. The number of furan rings is 1. The van der Waals surface area contributed by atoms with E-state index in [1.807, 2.05) is 11.4 Å². The van der Waals surface area contributed by atoms with Crippen molar-refractivity contribution in [2.75, 3.05) is 0 Å². The Morgan fingerprint density at radius 3 is 2.86 bits per heavy atom. The first-order chi connectivity index (χ1) is 6.81. The molecule has 72 valence electrons. The average molecular weight is 207 g/mol. The summed E-state index contributed by atoms with van der Waals surface area (Å²) in [5, 5.41) is 1.86. The van der Waals surface area contributed by atoms with Crippen molar-refractivity contribution in [3.05, 3.63) is 46.0 Å². The summed E-state index contributed by atoms with van der Waals surface area (Å²) in [6.45, 7) is 0.317. The van der Waals surface area contributed by atoms with E-state index in [9.17, 15) is 4.79 Å². The molecule has 2 aromatic heterocycles.